The molecule has 0 aliphatic rings. The molecule has 0 spiro atoms. The highest BCUT2D eigenvalue weighted by atomic mass is 32.2. The van der Waals surface area contributed by atoms with Crippen molar-refractivity contribution < 1.29 is 31.8 Å². The minimum absolute atomic E-state index is 0.0743. The lowest BCUT2D eigenvalue weighted by Crippen LogP contribution is -2.10. The van der Waals surface area contributed by atoms with Gasteiger partial charge in [-0.3, -0.25) is 0 Å². The maximum Gasteiger partial charge on any atom is 0.416 e. The molecule has 0 atom stereocenters. The molecule has 4 rings (SSSR count). The van der Waals surface area contributed by atoms with E-state index < -0.39 is 17.7 Å². The number of ether oxygens (including phenoxy) is 2. The lowest BCUT2D eigenvalue weighted by atomic mass is 10.1. The molecule has 180 valence electrons. The van der Waals surface area contributed by atoms with E-state index in [0.29, 0.717) is 21.7 Å². The fourth-order valence-corrected chi connectivity index (χ4v) is 4.40. The van der Waals surface area contributed by atoms with Gasteiger partial charge in [-0.05, 0) is 47.5 Å². The maximum absolute atomic E-state index is 13.2. The first-order valence-corrected chi connectivity index (χ1v) is 11.4. The van der Waals surface area contributed by atoms with Gasteiger partial charge in [0, 0.05) is 11.1 Å². The number of aromatic nitrogens is 1. The molecule has 0 bridgehead atoms. The van der Waals surface area contributed by atoms with Gasteiger partial charge in [0.05, 0.1) is 18.2 Å². The summed E-state index contributed by atoms with van der Waals surface area (Å²) in [7, 11) is 1.22. The SMILES string of the molecule is COC(=O)c1c(SCc2ccc(F)cc2)nc2ccccc2c1OCc1cccc(C(F)(F)F)c1. The zero-order valence-electron chi connectivity index (χ0n) is 18.4. The molecule has 0 saturated carbocycles. The summed E-state index contributed by atoms with van der Waals surface area (Å²) in [6.07, 6.45) is -4.49. The number of alkyl halides is 3. The number of esters is 1. The van der Waals surface area contributed by atoms with Crippen LogP contribution in [0.2, 0.25) is 0 Å². The van der Waals surface area contributed by atoms with E-state index in [1.807, 2.05) is 0 Å². The molecule has 3 aromatic carbocycles. The summed E-state index contributed by atoms with van der Waals surface area (Å²) in [5.41, 5.74) is 0.929. The molecule has 35 heavy (non-hydrogen) atoms. The number of carbonyl (C=O) groups excluding carboxylic acids is 1. The molecule has 1 aromatic heterocycles. The van der Waals surface area contributed by atoms with Crippen molar-refractivity contribution in [2.24, 2.45) is 0 Å². The normalized spacial score (nSPS) is 11.5. The number of thioether (sulfide) groups is 1. The van der Waals surface area contributed by atoms with Crippen LogP contribution in [0.4, 0.5) is 17.6 Å². The van der Waals surface area contributed by atoms with E-state index in [-0.39, 0.29) is 29.3 Å². The zero-order valence-corrected chi connectivity index (χ0v) is 19.3. The number of rotatable bonds is 7. The molecular formula is C26H19F4NO3S. The van der Waals surface area contributed by atoms with Gasteiger partial charge in [0.2, 0.25) is 0 Å². The zero-order chi connectivity index (χ0) is 25.0. The maximum atomic E-state index is 13.2. The van der Waals surface area contributed by atoms with E-state index >= 15 is 0 Å². The molecule has 0 radical (unpaired) electrons. The van der Waals surface area contributed by atoms with Gasteiger partial charge < -0.3 is 9.47 Å². The fourth-order valence-electron chi connectivity index (χ4n) is 3.42. The molecule has 0 unspecified atom stereocenters. The summed E-state index contributed by atoms with van der Waals surface area (Å²) in [4.78, 5) is 17.4. The van der Waals surface area contributed by atoms with Crippen molar-refractivity contribution in [3.05, 3.63) is 101 Å². The third-order valence-electron chi connectivity index (χ3n) is 5.13. The van der Waals surface area contributed by atoms with Gasteiger partial charge in [-0.1, -0.05) is 36.4 Å². The monoisotopic (exact) mass is 501 g/mol. The van der Waals surface area contributed by atoms with Gasteiger partial charge >= 0.3 is 12.1 Å². The Morgan fingerprint density at radius 2 is 1.71 bits per heavy atom. The Morgan fingerprint density at radius 3 is 2.43 bits per heavy atom. The van der Waals surface area contributed by atoms with E-state index in [1.54, 1.807) is 36.4 Å². The topological polar surface area (TPSA) is 48.4 Å². The van der Waals surface area contributed by atoms with Crippen molar-refractivity contribution in [2.45, 2.75) is 23.6 Å². The van der Waals surface area contributed by atoms with Gasteiger partial charge in [0.15, 0.2) is 0 Å². The van der Waals surface area contributed by atoms with E-state index in [0.717, 1.165) is 17.7 Å². The minimum Gasteiger partial charge on any atom is -0.487 e. The Kier molecular flexibility index (Phi) is 7.25. The van der Waals surface area contributed by atoms with Crippen molar-refractivity contribution in [1.29, 1.82) is 0 Å². The Balaban J connectivity index is 1.73. The molecule has 0 aliphatic heterocycles. The first kappa shape index (κ1) is 24.5. The molecule has 0 fully saturated rings. The average molecular weight is 502 g/mol. The highest BCUT2D eigenvalue weighted by molar-refractivity contribution is 7.98. The van der Waals surface area contributed by atoms with Crippen molar-refractivity contribution in [3.63, 3.8) is 0 Å². The Labute approximate surface area is 202 Å². The number of carbonyl (C=O) groups is 1. The summed E-state index contributed by atoms with van der Waals surface area (Å²) in [5, 5.41) is 0.852. The van der Waals surface area contributed by atoms with Crippen molar-refractivity contribution >= 4 is 28.6 Å². The molecule has 0 amide bonds. The highest BCUT2D eigenvalue weighted by Gasteiger charge is 2.30. The summed E-state index contributed by atoms with van der Waals surface area (Å²) in [5.74, 6) is -0.489. The van der Waals surface area contributed by atoms with E-state index in [9.17, 15) is 22.4 Å². The molecule has 9 heteroatoms. The lowest BCUT2D eigenvalue weighted by molar-refractivity contribution is -0.137. The number of para-hydroxylation sites is 1. The first-order valence-electron chi connectivity index (χ1n) is 10.4. The predicted octanol–water partition coefficient (Wildman–Crippen LogP) is 7.05. The van der Waals surface area contributed by atoms with Crippen molar-refractivity contribution in [1.82, 2.24) is 4.98 Å². The standard InChI is InChI=1S/C26H19F4NO3S/c1-33-25(32)22-23(34-14-17-5-4-6-18(13-17)26(28,29)30)20-7-2-3-8-21(20)31-24(22)35-15-16-9-11-19(27)12-10-16/h2-13H,14-15H2,1H3. The summed E-state index contributed by atoms with van der Waals surface area (Å²) in [6.45, 7) is -0.204. The summed E-state index contributed by atoms with van der Waals surface area (Å²) < 4.78 is 63.6. The largest absolute Gasteiger partial charge is 0.487 e. The molecule has 0 aliphatic carbocycles. The molecule has 4 nitrogen and oxygen atoms in total. The Bertz CT molecular complexity index is 1360. The Hall–Kier alpha value is -3.59. The van der Waals surface area contributed by atoms with E-state index in [1.165, 1.54) is 43.1 Å². The van der Waals surface area contributed by atoms with Crippen molar-refractivity contribution in [2.75, 3.05) is 7.11 Å². The van der Waals surface area contributed by atoms with Crippen molar-refractivity contribution in [3.8, 4) is 5.75 Å². The van der Waals surface area contributed by atoms with Crippen LogP contribution in [0.1, 0.15) is 27.0 Å². The van der Waals surface area contributed by atoms with Gasteiger partial charge in [-0.15, -0.1) is 11.8 Å². The second-order valence-electron chi connectivity index (χ2n) is 7.53. The van der Waals surface area contributed by atoms with E-state index in [2.05, 4.69) is 4.98 Å². The van der Waals surface area contributed by atoms with Gasteiger partial charge in [-0.25, -0.2) is 14.2 Å². The number of nitrogens with zero attached hydrogens (tertiary/aromatic N) is 1. The van der Waals surface area contributed by atoms with Gasteiger partial charge in [0.1, 0.15) is 28.8 Å². The van der Waals surface area contributed by atoms with Crippen LogP contribution in [0.3, 0.4) is 0 Å². The van der Waals surface area contributed by atoms with Gasteiger partial charge in [-0.2, -0.15) is 13.2 Å². The third kappa shape index (κ3) is 5.74. The van der Waals surface area contributed by atoms with Crippen LogP contribution in [0.25, 0.3) is 10.9 Å². The quantitative estimate of drug-likeness (QED) is 0.154. The number of methoxy groups -OCH3 is 1. The van der Waals surface area contributed by atoms with Gasteiger partial charge in [0.25, 0.3) is 0 Å². The third-order valence-corrected chi connectivity index (χ3v) is 6.17. The Morgan fingerprint density at radius 1 is 0.971 bits per heavy atom. The number of hydrogen-bond donors (Lipinski definition) is 0. The van der Waals surface area contributed by atoms with E-state index in [4.69, 9.17) is 9.47 Å². The molecule has 4 aromatic rings. The summed E-state index contributed by atoms with van der Waals surface area (Å²) >= 11 is 1.24. The number of fused-ring (bicyclic) bond motifs is 1. The van der Waals surface area contributed by atoms with Crippen LogP contribution >= 0.6 is 11.8 Å². The lowest BCUT2D eigenvalue weighted by Gasteiger charge is -2.17. The number of pyridine rings is 1. The molecule has 1 heterocycles. The smallest absolute Gasteiger partial charge is 0.416 e. The predicted molar refractivity (Wildman–Crippen MR) is 125 cm³/mol. The molecule has 0 saturated heterocycles. The first-order chi connectivity index (χ1) is 16.8. The second kappa shape index (κ2) is 10.4. The second-order valence-corrected chi connectivity index (χ2v) is 8.50. The number of benzene rings is 3. The molecular weight excluding hydrogens is 482 g/mol. The number of hydrogen-bond acceptors (Lipinski definition) is 5. The van der Waals surface area contributed by atoms with Crippen LogP contribution in [-0.2, 0) is 23.3 Å². The highest BCUT2D eigenvalue weighted by Crippen LogP contribution is 2.38. The van der Waals surface area contributed by atoms with Crippen LogP contribution < -0.4 is 4.74 Å². The number of halogens is 4. The summed E-state index contributed by atoms with van der Waals surface area (Å²) in [6, 6.07) is 17.7. The minimum atomic E-state index is -4.49. The van der Waals surface area contributed by atoms with Crippen LogP contribution in [0.15, 0.2) is 77.8 Å². The van der Waals surface area contributed by atoms with Crippen LogP contribution in [-0.4, -0.2) is 18.1 Å². The molecule has 0 N–H and O–H groups in total. The van der Waals surface area contributed by atoms with Crippen LogP contribution in [0.5, 0.6) is 5.75 Å². The fraction of sp³-hybridized carbons (Fsp3) is 0.154. The average Bonchev–Trinajstić information content (AvgIpc) is 2.85. The van der Waals surface area contributed by atoms with Crippen LogP contribution in [0, 0.1) is 5.82 Å².